The molecule has 180 valence electrons. The predicted octanol–water partition coefficient (Wildman–Crippen LogP) is 5.44. The number of piperidine rings is 1. The van der Waals surface area contributed by atoms with Crippen molar-refractivity contribution in [3.63, 3.8) is 0 Å². The number of thioether (sulfide) groups is 1. The molecule has 2 aliphatic rings. The molecule has 1 saturated heterocycles. The molecule has 0 spiro atoms. The van der Waals surface area contributed by atoms with E-state index >= 15 is 0 Å². The molecule has 5 atom stereocenters. The van der Waals surface area contributed by atoms with Crippen molar-refractivity contribution in [3.05, 3.63) is 34.5 Å². The van der Waals surface area contributed by atoms with Gasteiger partial charge in [-0.25, -0.2) is 9.37 Å². The van der Waals surface area contributed by atoms with Gasteiger partial charge in [-0.2, -0.15) is 0 Å². The van der Waals surface area contributed by atoms with Crippen molar-refractivity contribution in [2.75, 3.05) is 13.1 Å². The largest absolute Gasteiger partial charge is 0.483 e. The quantitative estimate of drug-likeness (QED) is 0.559. The van der Waals surface area contributed by atoms with Crippen LogP contribution in [0.1, 0.15) is 65.8 Å². The second-order valence-corrected chi connectivity index (χ2v) is 11.0. The van der Waals surface area contributed by atoms with Crippen LogP contribution in [0.25, 0.3) is 0 Å². The second kappa shape index (κ2) is 11.4. The summed E-state index contributed by atoms with van der Waals surface area (Å²) in [6, 6.07) is 4.20. The molecular weight excluding hydrogens is 429 g/mol. The number of carbonyl (C=O) groups is 1. The van der Waals surface area contributed by atoms with E-state index in [9.17, 15) is 4.39 Å². The summed E-state index contributed by atoms with van der Waals surface area (Å²) < 4.78 is 18.8. The maximum Gasteiger partial charge on any atom is 0.290 e. The number of pyridine rings is 1. The fourth-order valence-electron chi connectivity index (χ4n) is 4.42. The molecule has 4 unspecified atom stereocenters. The second-order valence-electron chi connectivity index (χ2n) is 9.83. The number of aromatic nitrogens is 1. The molecule has 0 aromatic carbocycles. The highest BCUT2D eigenvalue weighted by molar-refractivity contribution is 8.03. The van der Waals surface area contributed by atoms with Gasteiger partial charge >= 0.3 is 0 Å². The molecule has 0 radical (unpaired) electrons. The van der Waals surface area contributed by atoms with Crippen LogP contribution in [0, 0.1) is 17.3 Å². The molecule has 8 heteroatoms. The summed E-state index contributed by atoms with van der Waals surface area (Å²) in [5.41, 5.74) is 2.41. The Labute approximate surface area is 196 Å². The van der Waals surface area contributed by atoms with E-state index in [-0.39, 0.29) is 11.8 Å². The topological polar surface area (TPSA) is 74.7 Å². The third-order valence-corrected chi connectivity index (χ3v) is 7.67. The molecule has 0 aliphatic carbocycles. The summed E-state index contributed by atoms with van der Waals surface area (Å²) in [5, 5.41) is 10.5. The summed E-state index contributed by atoms with van der Waals surface area (Å²) in [5.74, 6) is 1.78. The number of nitrogens with one attached hydrogen (secondary N) is 1. The van der Waals surface area contributed by atoms with E-state index in [1.807, 2.05) is 23.9 Å². The normalized spacial score (nSPS) is 25.9. The number of allylic oxidation sites excluding steroid dienone is 1. The maximum absolute atomic E-state index is 13.4. The summed E-state index contributed by atoms with van der Waals surface area (Å²) >= 11 is 1.81. The molecule has 0 amide bonds. The Morgan fingerprint density at radius 2 is 2.03 bits per heavy atom. The van der Waals surface area contributed by atoms with E-state index in [2.05, 4.69) is 56.7 Å². The van der Waals surface area contributed by atoms with Gasteiger partial charge in [0.05, 0.1) is 0 Å². The predicted molar refractivity (Wildman–Crippen MR) is 128 cm³/mol. The van der Waals surface area contributed by atoms with Gasteiger partial charge in [0, 0.05) is 48.4 Å². The zero-order chi connectivity index (χ0) is 24.1. The number of carboxylic acid groups (broad SMARTS) is 1. The number of hydrogen-bond acceptors (Lipinski definition) is 6. The van der Waals surface area contributed by atoms with E-state index in [0.717, 1.165) is 18.7 Å². The van der Waals surface area contributed by atoms with Crippen molar-refractivity contribution in [2.24, 2.45) is 17.3 Å². The minimum atomic E-state index is -1.38. The first-order chi connectivity index (χ1) is 15.0. The summed E-state index contributed by atoms with van der Waals surface area (Å²) in [7, 11) is 0. The molecular formula is C24H38FN3O3S. The molecule has 32 heavy (non-hydrogen) atoms. The highest BCUT2D eigenvalue weighted by Crippen LogP contribution is 2.46. The minimum absolute atomic E-state index is 0.00414. The standard InChI is InChI=1S/C23H36FN3OS.CH2O2/c1-14-11-18(23(5,6)7)13-27(12-14)16(3)20-15(2)26-22(29-20)19-9-8-10-25-21(19)28-17(4)24;2-1-3/h8-10,14,16-18,22,26H,11-13H2,1-7H3;1H,(H,2,3)/t14-,16?,17?,18?,22?;/m1./s1. The van der Waals surface area contributed by atoms with Crippen molar-refractivity contribution in [1.29, 1.82) is 0 Å². The number of ether oxygens (including phenoxy) is 1. The lowest BCUT2D eigenvalue weighted by molar-refractivity contribution is -0.122. The van der Waals surface area contributed by atoms with Crippen molar-refractivity contribution in [1.82, 2.24) is 15.2 Å². The van der Waals surface area contributed by atoms with Gasteiger partial charge in [-0.1, -0.05) is 39.5 Å². The summed E-state index contributed by atoms with van der Waals surface area (Å²) in [6.07, 6.45) is 1.56. The number of alkyl halides is 1. The molecule has 0 saturated carbocycles. The van der Waals surface area contributed by atoms with Crippen LogP contribution in [-0.2, 0) is 4.79 Å². The Kier molecular flexibility index (Phi) is 9.40. The first-order valence-electron chi connectivity index (χ1n) is 11.2. The SMILES string of the molecule is CC1=C(C(C)N2CC(C(C)(C)C)C[C@@H](C)C2)SC(c2cccnc2OC(C)F)N1.O=CO. The maximum atomic E-state index is 13.4. The third kappa shape index (κ3) is 6.85. The van der Waals surface area contributed by atoms with E-state index < -0.39 is 6.36 Å². The van der Waals surface area contributed by atoms with Gasteiger partial charge in [-0.05, 0) is 49.7 Å². The minimum Gasteiger partial charge on any atom is -0.483 e. The molecule has 1 aromatic rings. The van der Waals surface area contributed by atoms with E-state index in [0.29, 0.717) is 29.2 Å². The van der Waals surface area contributed by atoms with Crippen LogP contribution in [-0.4, -0.2) is 47.0 Å². The Morgan fingerprint density at radius 3 is 2.62 bits per heavy atom. The first kappa shape index (κ1) is 26.5. The zero-order valence-electron chi connectivity index (χ0n) is 20.3. The Bertz CT molecular complexity index is 797. The number of likely N-dealkylation sites (tertiary alicyclic amines) is 1. The molecule has 2 aliphatic heterocycles. The zero-order valence-corrected chi connectivity index (χ0v) is 21.1. The smallest absolute Gasteiger partial charge is 0.290 e. The monoisotopic (exact) mass is 467 g/mol. The van der Waals surface area contributed by atoms with Crippen LogP contribution in [0.4, 0.5) is 4.39 Å². The van der Waals surface area contributed by atoms with Gasteiger partial charge in [0.15, 0.2) is 0 Å². The Morgan fingerprint density at radius 1 is 1.38 bits per heavy atom. The Hall–Kier alpha value is -1.80. The molecule has 1 aromatic heterocycles. The van der Waals surface area contributed by atoms with Crippen LogP contribution in [0.2, 0.25) is 0 Å². The fraction of sp³-hybridized carbons (Fsp3) is 0.667. The molecule has 3 rings (SSSR count). The van der Waals surface area contributed by atoms with Gasteiger partial charge in [-0.3, -0.25) is 9.69 Å². The average molecular weight is 468 g/mol. The molecule has 3 heterocycles. The summed E-state index contributed by atoms with van der Waals surface area (Å²) in [4.78, 5) is 16.6. The first-order valence-corrected chi connectivity index (χ1v) is 12.1. The lowest BCUT2D eigenvalue weighted by Crippen LogP contribution is -2.48. The number of rotatable bonds is 5. The highest BCUT2D eigenvalue weighted by Gasteiger charge is 2.37. The van der Waals surface area contributed by atoms with E-state index in [1.54, 1.807) is 6.20 Å². The average Bonchev–Trinajstić information content (AvgIpc) is 3.08. The lowest BCUT2D eigenvalue weighted by Gasteiger charge is -2.45. The third-order valence-electron chi connectivity index (χ3n) is 6.16. The van der Waals surface area contributed by atoms with Crippen molar-refractivity contribution in [2.45, 2.75) is 72.7 Å². The number of hydrogen-bond donors (Lipinski definition) is 2. The van der Waals surface area contributed by atoms with Crippen LogP contribution >= 0.6 is 11.8 Å². The van der Waals surface area contributed by atoms with Gasteiger partial charge in [0.1, 0.15) is 5.37 Å². The molecule has 6 nitrogen and oxygen atoms in total. The van der Waals surface area contributed by atoms with Gasteiger partial charge in [0.2, 0.25) is 12.2 Å². The number of halogens is 1. The fourth-order valence-corrected chi connectivity index (χ4v) is 5.80. The van der Waals surface area contributed by atoms with Crippen LogP contribution < -0.4 is 10.1 Å². The van der Waals surface area contributed by atoms with E-state index in [1.165, 1.54) is 23.9 Å². The van der Waals surface area contributed by atoms with Crippen molar-refractivity contribution < 1.29 is 19.0 Å². The Balaban J connectivity index is 0.00000114. The van der Waals surface area contributed by atoms with Crippen LogP contribution in [0.5, 0.6) is 5.88 Å². The van der Waals surface area contributed by atoms with Crippen molar-refractivity contribution >= 4 is 18.2 Å². The molecule has 1 fully saturated rings. The van der Waals surface area contributed by atoms with Gasteiger partial charge in [0.25, 0.3) is 6.47 Å². The highest BCUT2D eigenvalue weighted by atomic mass is 32.2. The molecule has 0 bridgehead atoms. The van der Waals surface area contributed by atoms with E-state index in [4.69, 9.17) is 14.6 Å². The lowest BCUT2D eigenvalue weighted by atomic mass is 9.73. The van der Waals surface area contributed by atoms with Crippen LogP contribution in [0.15, 0.2) is 28.9 Å². The molecule has 2 N–H and O–H groups in total. The van der Waals surface area contributed by atoms with Gasteiger partial charge < -0.3 is 15.2 Å². The summed E-state index contributed by atoms with van der Waals surface area (Å²) in [6.45, 7) is 17.3. The van der Waals surface area contributed by atoms with Crippen molar-refractivity contribution in [3.8, 4) is 5.88 Å². The van der Waals surface area contributed by atoms with Crippen LogP contribution in [0.3, 0.4) is 0 Å². The van der Waals surface area contributed by atoms with Gasteiger partial charge in [-0.15, -0.1) is 0 Å². The number of nitrogens with zero attached hydrogens (tertiary/aromatic N) is 2.